The number of nitrogens with zero attached hydrogens (tertiary/aromatic N) is 1. The molecule has 7 heteroatoms. The maximum Gasteiger partial charge on any atom is 0.325 e. The van der Waals surface area contributed by atoms with Crippen molar-refractivity contribution in [2.75, 3.05) is 26.7 Å². The van der Waals surface area contributed by atoms with Crippen molar-refractivity contribution >= 4 is 11.9 Å². The van der Waals surface area contributed by atoms with Gasteiger partial charge in [0.2, 0.25) is 5.91 Å². The van der Waals surface area contributed by atoms with Gasteiger partial charge in [-0.25, -0.2) is 0 Å². The normalized spacial score (nSPS) is 26.9. The second-order valence-corrected chi connectivity index (χ2v) is 11.2. The number of hydrogen-bond acceptors (Lipinski definition) is 6. The number of rotatable bonds is 9. The fourth-order valence-electron chi connectivity index (χ4n) is 5.96. The van der Waals surface area contributed by atoms with Crippen molar-refractivity contribution in [2.45, 2.75) is 76.0 Å². The predicted octanol–water partition coefficient (Wildman–Crippen LogP) is 4.22. The maximum atomic E-state index is 13.5. The molecule has 2 aromatic carbocycles. The van der Waals surface area contributed by atoms with Crippen LogP contribution in [-0.2, 0) is 30.9 Å². The van der Waals surface area contributed by atoms with E-state index < -0.39 is 6.04 Å². The first-order valence-corrected chi connectivity index (χ1v) is 13.9. The van der Waals surface area contributed by atoms with E-state index in [0.717, 1.165) is 56.3 Å². The number of likely N-dealkylation sites (tertiary alicyclic amines) is 1. The lowest BCUT2D eigenvalue weighted by molar-refractivity contribution is -0.152. The van der Waals surface area contributed by atoms with E-state index in [0.29, 0.717) is 6.42 Å². The van der Waals surface area contributed by atoms with Gasteiger partial charge in [-0.3, -0.25) is 14.5 Å². The molecule has 38 heavy (non-hydrogen) atoms. The summed E-state index contributed by atoms with van der Waals surface area (Å²) in [6.45, 7) is 5.81. The van der Waals surface area contributed by atoms with Gasteiger partial charge < -0.3 is 19.9 Å². The number of nitrogens with one attached hydrogen (secondary N) is 1. The summed E-state index contributed by atoms with van der Waals surface area (Å²) in [5, 5.41) is 12.9. The molecule has 206 valence electrons. The molecule has 1 aliphatic carbocycles. The summed E-state index contributed by atoms with van der Waals surface area (Å²) in [5.41, 5.74) is 2.10. The number of phenols is 1. The van der Waals surface area contributed by atoms with E-state index in [1.807, 2.05) is 42.5 Å². The second-order valence-electron chi connectivity index (χ2n) is 11.2. The molecular weight excluding hydrogens is 480 g/mol. The number of phenolic OH excluding ortho intramolecular Hbond substituents is 1. The summed E-state index contributed by atoms with van der Waals surface area (Å²) in [6.07, 6.45) is 4.91. The van der Waals surface area contributed by atoms with Gasteiger partial charge in [0, 0.05) is 13.7 Å². The van der Waals surface area contributed by atoms with Crippen LogP contribution in [0.2, 0.25) is 0 Å². The minimum Gasteiger partial charge on any atom is -0.508 e. The first-order chi connectivity index (χ1) is 18.3. The first-order valence-electron chi connectivity index (χ1n) is 13.9. The van der Waals surface area contributed by atoms with Gasteiger partial charge in [0.05, 0.1) is 12.1 Å². The Bertz CT molecular complexity index is 1070. The standard InChI is InChI=1S/C31H42N2O5/c1-22-21-33(17-16-31(22,2)24-10-7-11-25(34)19-24)28(18-23-8-5-4-6-9-23)30(36)32-20-29(35)38-27-14-12-26(37-3)13-15-27/h4-11,19,22,26-28,34H,12-18,20-21H2,1-3H3,(H,32,36). The van der Waals surface area contributed by atoms with Crippen molar-refractivity contribution in [2.24, 2.45) is 5.92 Å². The van der Waals surface area contributed by atoms with Gasteiger partial charge in [0.25, 0.3) is 0 Å². The molecule has 2 aliphatic rings. The molecule has 7 nitrogen and oxygen atoms in total. The van der Waals surface area contributed by atoms with Gasteiger partial charge in [0.15, 0.2) is 0 Å². The van der Waals surface area contributed by atoms with Crippen LogP contribution in [0.25, 0.3) is 0 Å². The topological polar surface area (TPSA) is 88.1 Å². The molecule has 0 aromatic heterocycles. The summed E-state index contributed by atoms with van der Waals surface area (Å²) < 4.78 is 11.0. The van der Waals surface area contributed by atoms with Crippen molar-refractivity contribution in [3.63, 3.8) is 0 Å². The fourth-order valence-corrected chi connectivity index (χ4v) is 5.96. The maximum absolute atomic E-state index is 13.5. The molecule has 1 aliphatic heterocycles. The minimum absolute atomic E-state index is 0.103. The highest BCUT2D eigenvalue weighted by atomic mass is 16.5. The summed E-state index contributed by atoms with van der Waals surface area (Å²) in [4.78, 5) is 28.3. The van der Waals surface area contributed by atoms with E-state index in [1.54, 1.807) is 13.2 Å². The van der Waals surface area contributed by atoms with Gasteiger partial charge in [0.1, 0.15) is 18.4 Å². The molecule has 2 N–H and O–H groups in total. The van der Waals surface area contributed by atoms with Gasteiger partial charge >= 0.3 is 5.97 Å². The second kappa shape index (κ2) is 12.8. The van der Waals surface area contributed by atoms with Crippen LogP contribution in [0.3, 0.4) is 0 Å². The molecule has 3 unspecified atom stereocenters. The number of carbonyl (C=O) groups is 2. The van der Waals surface area contributed by atoms with Crippen LogP contribution < -0.4 is 5.32 Å². The number of hydrogen-bond donors (Lipinski definition) is 2. The van der Waals surface area contributed by atoms with Crippen LogP contribution in [0.4, 0.5) is 0 Å². The molecule has 1 saturated carbocycles. The Labute approximate surface area is 226 Å². The van der Waals surface area contributed by atoms with Crippen LogP contribution >= 0.6 is 0 Å². The third-order valence-corrected chi connectivity index (χ3v) is 8.69. The zero-order valence-corrected chi connectivity index (χ0v) is 22.9. The van der Waals surface area contributed by atoms with Crippen molar-refractivity contribution in [1.29, 1.82) is 0 Å². The van der Waals surface area contributed by atoms with Crippen molar-refractivity contribution in [3.8, 4) is 5.75 Å². The molecular formula is C31H42N2O5. The summed E-state index contributed by atoms with van der Waals surface area (Å²) in [5.74, 6) is -0.00201. The summed E-state index contributed by atoms with van der Waals surface area (Å²) in [6, 6.07) is 17.1. The molecule has 0 bridgehead atoms. The average molecular weight is 523 g/mol. The molecule has 0 radical (unpaired) electrons. The number of aromatic hydroxyl groups is 1. The van der Waals surface area contributed by atoms with E-state index in [-0.39, 0.29) is 47.7 Å². The van der Waals surface area contributed by atoms with Crippen molar-refractivity contribution in [1.82, 2.24) is 10.2 Å². The minimum atomic E-state index is -0.390. The third-order valence-electron chi connectivity index (χ3n) is 8.69. The molecule has 1 amide bonds. The van der Waals surface area contributed by atoms with Crippen molar-refractivity contribution in [3.05, 3.63) is 65.7 Å². The summed E-state index contributed by atoms with van der Waals surface area (Å²) in [7, 11) is 1.72. The molecule has 1 saturated heterocycles. The molecule has 2 aromatic rings. The van der Waals surface area contributed by atoms with Crippen LogP contribution in [0.5, 0.6) is 5.75 Å². The number of carbonyl (C=O) groups excluding carboxylic acids is 2. The fraction of sp³-hybridized carbons (Fsp3) is 0.548. The third kappa shape index (κ3) is 6.94. The Balaban J connectivity index is 1.39. The molecule has 4 rings (SSSR count). The monoisotopic (exact) mass is 522 g/mol. The largest absolute Gasteiger partial charge is 0.508 e. The number of ether oxygens (including phenoxy) is 2. The average Bonchev–Trinajstić information content (AvgIpc) is 2.93. The number of amides is 1. The lowest BCUT2D eigenvalue weighted by atomic mass is 9.67. The highest BCUT2D eigenvalue weighted by Crippen LogP contribution is 2.41. The zero-order chi connectivity index (χ0) is 27.1. The van der Waals surface area contributed by atoms with Crippen LogP contribution in [-0.4, -0.2) is 66.9 Å². The smallest absolute Gasteiger partial charge is 0.325 e. The van der Waals surface area contributed by atoms with Crippen molar-refractivity contribution < 1.29 is 24.2 Å². The predicted molar refractivity (Wildman–Crippen MR) is 147 cm³/mol. The molecule has 2 fully saturated rings. The Morgan fingerprint density at radius 1 is 1.08 bits per heavy atom. The number of piperidine rings is 1. The molecule has 0 spiro atoms. The van der Waals surface area contributed by atoms with E-state index in [9.17, 15) is 14.7 Å². The Morgan fingerprint density at radius 3 is 2.45 bits per heavy atom. The summed E-state index contributed by atoms with van der Waals surface area (Å²) >= 11 is 0. The zero-order valence-electron chi connectivity index (χ0n) is 22.9. The van der Waals surface area contributed by atoms with Gasteiger partial charge in [-0.1, -0.05) is 56.3 Å². The Morgan fingerprint density at radius 2 is 1.79 bits per heavy atom. The molecule has 3 atom stereocenters. The van der Waals surface area contributed by atoms with Crippen LogP contribution in [0.15, 0.2) is 54.6 Å². The Hall–Kier alpha value is -2.90. The lowest BCUT2D eigenvalue weighted by Crippen LogP contribution is -2.56. The van der Waals surface area contributed by atoms with Gasteiger partial charge in [-0.2, -0.15) is 0 Å². The van der Waals surface area contributed by atoms with E-state index in [2.05, 4.69) is 30.1 Å². The van der Waals surface area contributed by atoms with E-state index >= 15 is 0 Å². The van der Waals surface area contributed by atoms with Crippen LogP contribution in [0, 0.1) is 5.92 Å². The number of esters is 1. The Kier molecular flexibility index (Phi) is 9.44. The van der Waals surface area contributed by atoms with Crippen LogP contribution in [0.1, 0.15) is 57.1 Å². The number of benzene rings is 2. The quantitative estimate of drug-likeness (QED) is 0.480. The van der Waals surface area contributed by atoms with Gasteiger partial charge in [-0.05, 0) is 79.7 Å². The first kappa shape index (κ1) is 28.1. The van der Waals surface area contributed by atoms with E-state index in [4.69, 9.17) is 9.47 Å². The highest BCUT2D eigenvalue weighted by molar-refractivity contribution is 5.86. The van der Waals surface area contributed by atoms with E-state index in [1.165, 1.54) is 0 Å². The number of methoxy groups -OCH3 is 1. The highest BCUT2D eigenvalue weighted by Gasteiger charge is 2.41. The van der Waals surface area contributed by atoms with Gasteiger partial charge in [-0.15, -0.1) is 0 Å². The SMILES string of the molecule is COC1CCC(OC(=O)CNC(=O)C(Cc2ccccc2)N2CCC(C)(c3cccc(O)c3)C(C)C2)CC1. The molecule has 1 heterocycles. The lowest BCUT2D eigenvalue weighted by Gasteiger charge is -2.47.